The van der Waals surface area contributed by atoms with Gasteiger partial charge >= 0.3 is 0 Å². The van der Waals surface area contributed by atoms with Gasteiger partial charge in [-0.1, -0.05) is 0 Å². The van der Waals surface area contributed by atoms with Gasteiger partial charge in [-0.05, 0) is 119 Å². The molecule has 2 aliphatic rings. The number of methoxy groups -OCH3 is 1. The van der Waals surface area contributed by atoms with Gasteiger partial charge in [0.05, 0.1) is 13.2 Å². The Hall–Kier alpha value is -3.13. The summed E-state index contributed by atoms with van der Waals surface area (Å²) >= 11 is 1.62. The lowest BCUT2D eigenvalue weighted by Gasteiger charge is -2.34. The van der Waals surface area contributed by atoms with Crippen LogP contribution in [0.25, 0.3) is 0 Å². The van der Waals surface area contributed by atoms with E-state index in [-0.39, 0.29) is 23.8 Å². The number of allylic oxidation sites excluding steroid dienone is 1. The van der Waals surface area contributed by atoms with Crippen molar-refractivity contribution >= 4 is 28.9 Å². The quantitative estimate of drug-likeness (QED) is 0.240. The van der Waals surface area contributed by atoms with E-state index in [0.717, 1.165) is 78.2 Å². The van der Waals surface area contributed by atoms with Crippen LogP contribution in [-0.4, -0.2) is 66.7 Å². The first-order valence-corrected chi connectivity index (χ1v) is 15.8. The van der Waals surface area contributed by atoms with Gasteiger partial charge in [0, 0.05) is 43.4 Å². The molecule has 0 saturated carbocycles. The average Bonchev–Trinajstić information content (AvgIpc) is 3.34. The van der Waals surface area contributed by atoms with Gasteiger partial charge in [-0.3, -0.25) is 9.59 Å². The van der Waals surface area contributed by atoms with E-state index < -0.39 is 0 Å². The van der Waals surface area contributed by atoms with E-state index in [9.17, 15) is 9.59 Å². The van der Waals surface area contributed by atoms with Crippen molar-refractivity contribution in [2.45, 2.75) is 79.2 Å². The van der Waals surface area contributed by atoms with Gasteiger partial charge in [-0.25, -0.2) is 4.99 Å². The molecule has 0 aliphatic carbocycles. The van der Waals surface area contributed by atoms with Crippen molar-refractivity contribution < 1.29 is 19.1 Å². The second-order valence-corrected chi connectivity index (χ2v) is 12.3. The molecule has 1 aromatic carbocycles. The Morgan fingerprint density at radius 1 is 1.05 bits per heavy atom. The number of carbonyl (C=O) groups excluding carboxylic acids is 2. The SMILES string of the molecule is COc1cc(CC/C(C)=C(/N=C(\C)c2ccsc2)C(=O)N2CCCC(C(=O)N3CCC3)CC2)c(C)cc1OC(C)C. The summed E-state index contributed by atoms with van der Waals surface area (Å²) < 4.78 is 11.6. The Morgan fingerprint density at radius 3 is 2.44 bits per heavy atom. The first-order valence-electron chi connectivity index (χ1n) is 14.9. The lowest BCUT2D eigenvalue weighted by atomic mass is 9.97. The third kappa shape index (κ3) is 7.79. The van der Waals surface area contributed by atoms with Crippen molar-refractivity contribution in [3.05, 3.63) is 56.9 Å². The molecule has 1 atom stereocenters. The maximum Gasteiger partial charge on any atom is 0.272 e. The number of amides is 2. The van der Waals surface area contributed by atoms with E-state index in [2.05, 4.69) is 12.3 Å². The third-order valence-corrected chi connectivity index (χ3v) is 8.80. The van der Waals surface area contributed by atoms with E-state index in [1.165, 1.54) is 0 Å². The lowest BCUT2D eigenvalue weighted by molar-refractivity contribution is -0.139. The highest BCUT2D eigenvalue weighted by molar-refractivity contribution is 7.08. The number of nitrogens with zero attached hydrogens (tertiary/aromatic N) is 3. The van der Waals surface area contributed by atoms with Crippen LogP contribution in [0.5, 0.6) is 11.5 Å². The Morgan fingerprint density at radius 2 is 1.80 bits per heavy atom. The van der Waals surface area contributed by atoms with Crippen molar-refractivity contribution in [3.63, 3.8) is 0 Å². The summed E-state index contributed by atoms with van der Waals surface area (Å²) in [5.74, 6) is 1.70. The second-order valence-electron chi connectivity index (χ2n) is 11.5. The first kappa shape index (κ1) is 30.8. The molecule has 4 rings (SSSR count). The summed E-state index contributed by atoms with van der Waals surface area (Å²) in [5, 5.41) is 4.09. The highest BCUT2D eigenvalue weighted by atomic mass is 32.1. The van der Waals surface area contributed by atoms with Gasteiger partial charge in [0.2, 0.25) is 5.91 Å². The van der Waals surface area contributed by atoms with Crippen LogP contribution in [0.4, 0.5) is 0 Å². The summed E-state index contributed by atoms with van der Waals surface area (Å²) in [6.45, 7) is 13.1. The topological polar surface area (TPSA) is 71.4 Å². The molecule has 222 valence electrons. The molecule has 41 heavy (non-hydrogen) atoms. The van der Waals surface area contributed by atoms with E-state index in [4.69, 9.17) is 14.5 Å². The minimum absolute atomic E-state index is 0.0123. The molecule has 0 radical (unpaired) electrons. The van der Waals surface area contributed by atoms with Crippen molar-refractivity contribution in [3.8, 4) is 11.5 Å². The largest absolute Gasteiger partial charge is 0.493 e. The van der Waals surface area contributed by atoms with Gasteiger partial charge in [-0.15, -0.1) is 0 Å². The minimum Gasteiger partial charge on any atom is -0.493 e. The highest BCUT2D eigenvalue weighted by Crippen LogP contribution is 2.33. The van der Waals surface area contributed by atoms with Crippen LogP contribution in [0.15, 0.2) is 45.2 Å². The standard InChI is InChI=1S/C33H45N3O4S/c1-22(2)40-30-19-24(4)27(20-29(30)39-6)11-10-23(3)31(34-25(5)28-13-18-41-21-28)33(38)36-14-7-9-26(12-17-36)32(37)35-15-8-16-35/h13,18-22,26H,7-12,14-17H2,1-6H3/b31-23+,34-25+. The number of thiophene rings is 1. The fourth-order valence-corrected chi connectivity index (χ4v) is 6.14. The molecule has 3 heterocycles. The number of aliphatic imine (C=N–C) groups is 1. The summed E-state index contributed by atoms with van der Waals surface area (Å²) in [6, 6.07) is 6.12. The molecule has 0 bridgehead atoms. The smallest absolute Gasteiger partial charge is 0.272 e. The van der Waals surface area contributed by atoms with E-state index in [0.29, 0.717) is 31.6 Å². The maximum absolute atomic E-state index is 14.0. The molecule has 2 saturated heterocycles. The molecule has 2 fully saturated rings. The van der Waals surface area contributed by atoms with E-state index >= 15 is 0 Å². The number of hydrogen-bond donors (Lipinski definition) is 0. The summed E-state index contributed by atoms with van der Waals surface area (Å²) in [6.07, 6.45) is 4.99. The highest BCUT2D eigenvalue weighted by Gasteiger charge is 2.31. The van der Waals surface area contributed by atoms with Crippen molar-refractivity contribution in [2.75, 3.05) is 33.3 Å². The molecule has 2 aromatic rings. The van der Waals surface area contributed by atoms with Gasteiger partial charge in [0.15, 0.2) is 11.5 Å². The Balaban J connectivity index is 1.56. The Kier molecular flexibility index (Phi) is 10.6. The van der Waals surface area contributed by atoms with Crippen LogP contribution >= 0.6 is 11.3 Å². The lowest BCUT2D eigenvalue weighted by Crippen LogP contribution is -2.45. The number of aryl methyl sites for hydroxylation is 2. The van der Waals surface area contributed by atoms with E-state index in [1.54, 1.807) is 18.4 Å². The van der Waals surface area contributed by atoms with Crippen LogP contribution in [0.2, 0.25) is 0 Å². The van der Waals surface area contributed by atoms with Crippen LogP contribution in [-0.2, 0) is 16.0 Å². The zero-order chi connectivity index (χ0) is 29.5. The Labute approximate surface area is 249 Å². The molecule has 7 nitrogen and oxygen atoms in total. The fraction of sp³-hybridized carbons (Fsp3) is 0.545. The fourth-order valence-electron chi connectivity index (χ4n) is 5.44. The van der Waals surface area contributed by atoms with Crippen molar-refractivity contribution in [1.82, 2.24) is 9.80 Å². The van der Waals surface area contributed by atoms with Crippen molar-refractivity contribution in [2.24, 2.45) is 10.9 Å². The predicted octanol–water partition coefficient (Wildman–Crippen LogP) is 6.43. The zero-order valence-corrected chi connectivity index (χ0v) is 26.3. The number of benzene rings is 1. The summed E-state index contributed by atoms with van der Waals surface area (Å²) in [5.41, 5.74) is 5.64. The number of likely N-dealkylation sites (tertiary alicyclic amines) is 2. The summed E-state index contributed by atoms with van der Waals surface area (Å²) in [7, 11) is 1.66. The first-order chi connectivity index (χ1) is 19.7. The number of hydrogen-bond acceptors (Lipinski definition) is 6. The van der Waals surface area contributed by atoms with E-state index in [1.807, 2.05) is 61.1 Å². The number of carbonyl (C=O) groups is 2. The molecule has 8 heteroatoms. The zero-order valence-electron chi connectivity index (χ0n) is 25.5. The van der Waals surface area contributed by atoms with Gasteiger partial charge in [0.1, 0.15) is 5.70 Å². The monoisotopic (exact) mass is 579 g/mol. The van der Waals surface area contributed by atoms with Crippen LogP contribution in [0.3, 0.4) is 0 Å². The maximum atomic E-state index is 14.0. The van der Waals surface area contributed by atoms with Crippen LogP contribution < -0.4 is 9.47 Å². The summed E-state index contributed by atoms with van der Waals surface area (Å²) in [4.78, 5) is 35.7. The number of rotatable bonds is 10. The molecule has 2 aliphatic heterocycles. The van der Waals surface area contributed by atoms with Gasteiger partial charge in [0.25, 0.3) is 5.91 Å². The second kappa shape index (κ2) is 14.2. The molecule has 1 unspecified atom stereocenters. The van der Waals surface area contributed by atoms with Gasteiger partial charge in [-0.2, -0.15) is 11.3 Å². The molecule has 2 amide bonds. The van der Waals surface area contributed by atoms with Gasteiger partial charge < -0.3 is 19.3 Å². The molecular weight excluding hydrogens is 534 g/mol. The average molecular weight is 580 g/mol. The van der Waals surface area contributed by atoms with Crippen LogP contribution in [0.1, 0.15) is 76.5 Å². The van der Waals surface area contributed by atoms with Crippen LogP contribution in [0, 0.1) is 12.8 Å². The normalized spacial score (nSPS) is 18.5. The molecule has 1 aromatic heterocycles. The Bertz CT molecular complexity index is 1280. The molecular formula is C33H45N3O4S. The molecule has 0 N–H and O–H groups in total. The third-order valence-electron chi connectivity index (χ3n) is 8.11. The van der Waals surface area contributed by atoms with Crippen molar-refractivity contribution in [1.29, 1.82) is 0 Å². The number of ether oxygens (including phenoxy) is 2. The predicted molar refractivity (Wildman–Crippen MR) is 166 cm³/mol. The molecule has 0 spiro atoms. The minimum atomic E-state index is -0.0379.